The molecular weight excluding hydrogens is 342 g/mol. The summed E-state index contributed by atoms with van der Waals surface area (Å²) in [4.78, 5) is 16.9. The van der Waals surface area contributed by atoms with Gasteiger partial charge >= 0.3 is 0 Å². The maximum absolute atomic E-state index is 12.5. The number of nitrogens with one attached hydrogen (secondary N) is 1. The quantitative estimate of drug-likeness (QED) is 0.881. The molecule has 7 nitrogen and oxygen atoms in total. The number of hydrogen-bond donors (Lipinski definition) is 1. The number of nitrogens with zero attached hydrogens (tertiary/aromatic N) is 2. The highest BCUT2D eigenvalue weighted by Gasteiger charge is 2.30. The second kappa shape index (κ2) is 6.42. The van der Waals surface area contributed by atoms with E-state index < -0.39 is 9.84 Å². The zero-order valence-electron chi connectivity index (χ0n) is 13.8. The van der Waals surface area contributed by atoms with Crippen molar-refractivity contribution in [3.63, 3.8) is 0 Å². The van der Waals surface area contributed by atoms with Crippen LogP contribution in [0.4, 0.5) is 0 Å². The molecule has 2 aliphatic rings. The van der Waals surface area contributed by atoms with E-state index in [1.54, 1.807) is 6.20 Å². The van der Waals surface area contributed by atoms with Crippen LogP contribution in [0, 0.1) is 0 Å². The fourth-order valence-electron chi connectivity index (χ4n) is 3.68. The smallest absolute Gasteiger partial charge is 0.240 e. The highest BCUT2D eigenvalue weighted by atomic mass is 32.2. The van der Waals surface area contributed by atoms with Crippen molar-refractivity contribution in [2.24, 2.45) is 0 Å². The number of ether oxygens (including phenoxy) is 1. The van der Waals surface area contributed by atoms with Crippen LogP contribution in [0.25, 0.3) is 11.0 Å². The number of aromatic nitrogens is 2. The first-order chi connectivity index (χ1) is 12.0. The van der Waals surface area contributed by atoms with Gasteiger partial charge < -0.3 is 14.6 Å². The minimum absolute atomic E-state index is 0.0196. The topological polar surface area (TPSA) is 90.3 Å². The lowest BCUT2D eigenvalue weighted by molar-refractivity contribution is -0.122. The number of carbonyl (C=O) groups excluding carboxylic acids is 1. The van der Waals surface area contributed by atoms with Crippen LogP contribution in [-0.2, 0) is 25.9 Å². The van der Waals surface area contributed by atoms with Gasteiger partial charge in [0.25, 0.3) is 0 Å². The summed E-state index contributed by atoms with van der Waals surface area (Å²) in [6.07, 6.45) is 4.11. The molecule has 0 aliphatic carbocycles. The van der Waals surface area contributed by atoms with Crippen LogP contribution in [0.15, 0.2) is 24.4 Å². The van der Waals surface area contributed by atoms with Gasteiger partial charge in [-0.1, -0.05) is 0 Å². The predicted octanol–water partition coefficient (Wildman–Crippen LogP) is 1.19. The summed E-state index contributed by atoms with van der Waals surface area (Å²) < 4.78 is 30.8. The van der Waals surface area contributed by atoms with E-state index in [1.165, 1.54) is 0 Å². The van der Waals surface area contributed by atoms with E-state index in [2.05, 4.69) is 10.3 Å². The van der Waals surface area contributed by atoms with Crippen LogP contribution < -0.4 is 5.32 Å². The van der Waals surface area contributed by atoms with Crippen molar-refractivity contribution < 1.29 is 17.9 Å². The first-order valence-corrected chi connectivity index (χ1v) is 10.4. The molecule has 2 fully saturated rings. The van der Waals surface area contributed by atoms with Gasteiger partial charge in [-0.15, -0.1) is 0 Å². The van der Waals surface area contributed by atoms with Crippen molar-refractivity contribution in [3.8, 4) is 0 Å². The van der Waals surface area contributed by atoms with Gasteiger partial charge in [0.1, 0.15) is 12.2 Å². The van der Waals surface area contributed by atoms with E-state index in [-0.39, 0.29) is 36.1 Å². The Bertz CT molecular complexity index is 900. The van der Waals surface area contributed by atoms with Gasteiger partial charge in [0.05, 0.1) is 17.6 Å². The van der Waals surface area contributed by atoms with E-state index in [9.17, 15) is 13.2 Å². The van der Waals surface area contributed by atoms with E-state index in [0.29, 0.717) is 6.42 Å². The number of pyridine rings is 1. The molecule has 4 heterocycles. The molecule has 1 amide bonds. The number of amides is 1. The van der Waals surface area contributed by atoms with Gasteiger partial charge in [-0.3, -0.25) is 4.79 Å². The van der Waals surface area contributed by atoms with E-state index in [4.69, 9.17) is 4.74 Å². The number of carbonyl (C=O) groups is 1. The number of sulfone groups is 1. The summed E-state index contributed by atoms with van der Waals surface area (Å²) in [5.41, 5.74) is 1.71. The molecule has 134 valence electrons. The highest BCUT2D eigenvalue weighted by molar-refractivity contribution is 7.91. The monoisotopic (exact) mass is 363 g/mol. The van der Waals surface area contributed by atoms with Crippen molar-refractivity contribution in [1.29, 1.82) is 0 Å². The van der Waals surface area contributed by atoms with Crippen LogP contribution in [0.2, 0.25) is 0 Å². The Kier molecular flexibility index (Phi) is 4.24. The fraction of sp³-hybridized carbons (Fsp3) is 0.529. The highest BCUT2D eigenvalue weighted by Crippen LogP contribution is 2.32. The van der Waals surface area contributed by atoms with Crippen molar-refractivity contribution in [2.75, 3.05) is 18.1 Å². The summed E-state index contributed by atoms with van der Waals surface area (Å²) in [7, 11) is -3.01. The zero-order chi connectivity index (χ0) is 17.4. The minimum atomic E-state index is -3.01. The molecule has 2 atom stereocenters. The molecule has 2 aromatic heterocycles. The molecule has 0 radical (unpaired) electrons. The normalized spacial score (nSPS) is 25.4. The van der Waals surface area contributed by atoms with E-state index in [0.717, 1.165) is 36.2 Å². The largest absolute Gasteiger partial charge is 0.372 e. The lowest BCUT2D eigenvalue weighted by atomic mass is 10.2. The van der Waals surface area contributed by atoms with Gasteiger partial charge in [-0.05, 0) is 37.5 Å². The summed E-state index contributed by atoms with van der Waals surface area (Å²) >= 11 is 0. The molecule has 0 unspecified atom stereocenters. The average Bonchev–Trinajstić information content (AvgIpc) is 3.27. The molecule has 1 N–H and O–H groups in total. The van der Waals surface area contributed by atoms with Crippen LogP contribution in [-0.4, -0.2) is 48.0 Å². The van der Waals surface area contributed by atoms with Crippen molar-refractivity contribution in [1.82, 2.24) is 14.9 Å². The Morgan fingerprint density at radius 2 is 2.28 bits per heavy atom. The van der Waals surface area contributed by atoms with Crippen LogP contribution >= 0.6 is 0 Å². The Morgan fingerprint density at radius 3 is 3.00 bits per heavy atom. The second-order valence-corrected chi connectivity index (χ2v) is 8.97. The number of hydrogen-bond acceptors (Lipinski definition) is 5. The summed E-state index contributed by atoms with van der Waals surface area (Å²) in [5, 5.41) is 3.82. The first kappa shape index (κ1) is 16.5. The predicted molar refractivity (Wildman–Crippen MR) is 92.9 cm³/mol. The van der Waals surface area contributed by atoms with Crippen LogP contribution in [0.3, 0.4) is 0 Å². The minimum Gasteiger partial charge on any atom is -0.372 e. The molecule has 4 rings (SSSR count). The van der Waals surface area contributed by atoms with Crippen molar-refractivity contribution in [3.05, 3.63) is 30.1 Å². The van der Waals surface area contributed by atoms with E-state index in [1.807, 2.05) is 22.8 Å². The van der Waals surface area contributed by atoms with Gasteiger partial charge in [-0.2, -0.15) is 0 Å². The molecule has 2 aromatic rings. The zero-order valence-corrected chi connectivity index (χ0v) is 14.7. The first-order valence-electron chi connectivity index (χ1n) is 8.57. The third-order valence-electron chi connectivity index (χ3n) is 4.85. The van der Waals surface area contributed by atoms with Gasteiger partial charge in [0, 0.05) is 29.9 Å². The molecule has 2 aliphatic heterocycles. The Balaban J connectivity index is 1.57. The lowest BCUT2D eigenvalue weighted by Crippen LogP contribution is -2.38. The Morgan fingerprint density at radius 1 is 1.40 bits per heavy atom. The van der Waals surface area contributed by atoms with Crippen molar-refractivity contribution in [2.45, 2.75) is 38.0 Å². The second-order valence-electron chi connectivity index (χ2n) is 6.74. The van der Waals surface area contributed by atoms with Gasteiger partial charge in [-0.25, -0.2) is 13.4 Å². The van der Waals surface area contributed by atoms with Crippen LogP contribution in [0.1, 0.15) is 31.1 Å². The Labute approximate surface area is 146 Å². The molecule has 8 heteroatoms. The summed E-state index contributed by atoms with van der Waals surface area (Å²) in [6.45, 7) is 0.845. The van der Waals surface area contributed by atoms with Gasteiger partial charge in [0.2, 0.25) is 5.91 Å². The Hall–Kier alpha value is -1.93. The average molecular weight is 363 g/mol. The summed E-state index contributed by atoms with van der Waals surface area (Å²) in [5.74, 6) is -0.0146. The molecule has 0 spiro atoms. The third kappa shape index (κ3) is 3.41. The van der Waals surface area contributed by atoms with Crippen molar-refractivity contribution >= 4 is 26.8 Å². The number of fused-ring (bicyclic) bond motifs is 1. The maximum atomic E-state index is 12.5. The lowest BCUT2D eigenvalue weighted by Gasteiger charge is -2.16. The molecule has 0 saturated carbocycles. The van der Waals surface area contributed by atoms with Gasteiger partial charge in [0.15, 0.2) is 9.84 Å². The van der Waals surface area contributed by atoms with E-state index >= 15 is 0 Å². The summed E-state index contributed by atoms with van der Waals surface area (Å²) in [6, 6.07) is 5.58. The molecule has 2 saturated heterocycles. The van der Waals surface area contributed by atoms with Crippen LogP contribution in [0.5, 0.6) is 0 Å². The maximum Gasteiger partial charge on any atom is 0.240 e. The fourth-order valence-corrected chi connectivity index (χ4v) is 5.35. The number of rotatable bonds is 4. The molecular formula is C17H21N3O4S. The molecule has 0 bridgehead atoms. The standard InChI is InChI=1S/C17H21N3O4S/c21-16(19-13-5-8-25(22,23)11-13)10-20-14(15-4-2-7-24-15)9-12-3-1-6-18-17(12)20/h1,3,6,9,13,15H,2,4-5,7-8,10-11H2,(H,19,21)/t13-,15-/m0/s1. The molecule has 25 heavy (non-hydrogen) atoms. The molecule has 0 aromatic carbocycles. The SMILES string of the molecule is O=C(Cn1c([C@@H]2CCCO2)cc2cccnc21)N[C@H]1CCS(=O)(=O)C1. The third-order valence-corrected chi connectivity index (χ3v) is 6.61.